The molecule has 0 radical (unpaired) electrons. The van der Waals surface area contributed by atoms with Crippen LogP contribution in [0, 0.1) is 0 Å². The van der Waals surface area contributed by atoms with Gasteiger partial charge < -0.3 is 19.6 Å². The quantitative estimate of drug-likeness (QED) is 0.840. The highest BCUT2D eigenvalue weighted by atomic mass is 16.5. The number of methoxy groups -OCH3 is 1. The Hall–Kier alpha value is -1.30. The topological polar surface area (TPSA) is 70.1 Å². The zero-order valence-electron chi connectivity index (χ0n) is 12.0. The molecule has 6 heteroatoms. The lowest BCUT2D eigenvalue weighted by atomic mass is 10.1. The van der Waals surface area contributed by atoms with Crippen LogP contribution in [0.2, 0.25) is 0 Å². The van der Waals surface area contributed by atoms with Gasteiger partial charge in [-0.05, 0) is 19.8 Å². The maximum atomic E-state index is 12.4. The predicted molar refractivity (Wildman–Crippen MR) is 71.1 cm³/mol. The molecule has 1 aliphatic heterocycles. The number of amides is 2. The summed E-state index contributed by atoms with van der Waals surface area (Å²) in [4.78, 5) is 26.8. The molecular weight excluding hydrogens is 248 g/mol. The van der Waals surface area contributed by atoms with E-state index in [1.54, 1.807) is 19.1 Å². The average Bonchev–Trinajstić information content (AvgIpc) is 2.62. The Morgan fingerprint density at radius 3 is 2.68 bits per heavy atom. The van der Waals surface area contributed by atoms with Crippen LogP contribution in [0.4, 0.5) is 4.79 Å². The van der Waals surface area contributed by atoms with E-state index in [0.29, 0.717) is 19.6 Å². The largest absolute Gasteiger partial charge is 0.480 e. The number of carbonyl (C=O) groups excluding carboxylic acids is 1. The van der Waals surface area contributed by atoms with E-state index in [0.717, 1.165) is 19.3 Å². The summed E-state index contributed by atoms with van der Waals surface area (Å²) in [7, 11) is 3.27. The second-order valence-corrected chi connectivity index (χ2v) is 5.09. The number of carboxylic acids is 1. The van der Waals surface area contributed by atoms with Crippen LogP contribution in [0.1, 0.15) is 32.6 Å². The van der Waals surface area contributed by atoms with Crippen molar-refractivity contribution in [3.05, 3.63) is 0 Å². The number of hydrogen-bond donors (Lipinski definition) is 1. The Morgan fingerprint density at radius 1 is 1.42 bits per heavy atom. The number of likely N-dealkylation sites (tertiary alicyclic amines) is 1. The number of carbonyl (C=O) groups is 2. The van der Waals surface area contributed by atoms with Crippen molar-refractivity contribution in [2.75, 3.05) is 27.3 Å². The minimum atomic E-state index is -0.914. The van der Waals surface area contributed by atoms with Gasteiger partial charge in [0.1, 0.15) is 6.04 Å². The van der Waals surface area contributed by atoms with E-state index >= 15 is 0 Å². The zero-order chi connectivity index (χ0) is 14.4. The number of likely N-dealkylation sites (N-methyl/N-ethyl adjacent to an activating group) is 1. The first kappa shape index (κ1) is 15.8. The molecule has 0 aliphatic carbocycles. The molecule has 1 rings (SSSR count). The van der Waals surface area contributed by atoms with Crippen LogP contribution in [0.3, 0.4) is 0 Å². The van der Waals surface area contributed by atoms with E-state index in [-0.39, 0.29) is 12.1 Å². The van der Waals surface area contributed by atoms with Crippen molar-refractivity contribution in [1.29, 1.82) is 0 Å². The third-order valence-electron chi connectivity index (χ3n) is 3.65. The molecule has 0 aromatic carbocycles. The van der Waals surface area contributed by atoms with Crippen molar-refractivity contribution >= 4 is 12.0 Å². The lowest BCUT2D eigenvalue weighted by molar-refractivity contribution is -0.142. The maximum Gasteiger partial charge on any atom is 0.326 e. The monoisotopic (exact) mass is 272 g/mol. The van der Waals surface area contributed by atoms with Gasteiger partial charge in [0.2, 0.25) is 0 Å². The molecule has 1 saturated heterocycles. The van der Waals surface area contributed by atoms with E-state index in [1.165, 1.54) is 4.90 Å². The van der Waals surface area contributed by atoms with E-state index in [1.807, 2.05) is 6.92 Å². The lowest BCUT2D eigenvalue weighted by Crippen LogP contribution is -2.52. The molecule has 0 bridgehead atoms. The Morgan fingerprint density at radius 2 is 2.11 bits per heavy atom. The number of urea groups is 1. The van der Waals surface area contributed by atoms with Gasteiger partial charge in [-0.3, -0.25) is 0 Å². The minimum absolute atomic E-state index is 0.0739. The molecule has 0 aromatic heterocycles. The van der Waals surface area contributed by atoms with E-state index < -0.39 is 12.0 Å². The SMILES string of the molecule is COCC(C)N(C)C(=O)N1CCCCCC1C(=O)O. The minimum Gasteiger partial charge on any atom is -0.480 e. The predicted octanol–water partition coefficient (Wildman–Crippen LogP) is 1.40. The van der Waals surface area contributed by atoms with Gasteiger partial charge in [-0.2, -0.15) is 0 Å². The standard InChI is InChI=1S/C13H24N2O4/c1-10(9-19-3)14(2)13(18)15-8-6-4-5-7-11(15)12(16)17/h10-11H,4-9H2,1-3H3,(H,16,17). The summed E-state index contributed by atoms with van der Waals surface area (Å²) in [6, 6.07) is -0.999. The van der Waals surface area contributed by atoms with Crippen LogP contribution in [0.15, 0.2) is 0 Å². The molecular formula is C13H24N2O4. The van der Waals surface area contributed by atoms with Gasteiger partial charge in [-0.25, -0.2) is 9.59 Å². The normalized spacial score (nSPS) is 21.6. The molecule has 2 atom stereocenters. The highest BCUT2D eigenvalue weighted by Gasteiger charge is 2.33. The summed E-state index contributed by atoms with van der Waals surface area (Å²) in [5.74, 6) is -0.914. The smallest absolute Gasteiger partial charge is 0.326 e. The average molecular weight is 272 g/mol. The highest BCUT2D eigenvalue weighted by Crippen LogP contribution is 2.19. The Bertz CT molecular complexity index is 322. The van der Waals surface area contributed by atoms with E-state index in [4.69, 9.17) is 4.74 Å². The molecule has 1 heterocycles. The molecule has 1 aliphatic rings. The van der Waals surface area contributed by atoms with Gasteiger partial charge in [0.15, 0.2) is 0 Å². The zero-order valence-corrected chi connectivity index (χ0v) is 12.0. The van der Waals surface area contributed by atoms with Crippen LogP contribution < -0.4 is 0 Å². The van der Waals surface area contributed by atoms with Crippen LogP contribution >= 0.6 is 0 Å². The fourth-order valence-electron chi connectivity index (χ4n) is 2.34. The van der Waals surface area contributed by atoms with Crippen molar-refractivity contribution in [3.8, 4) is 0 Å². The van der Waals surface area contributed by atoms with Crippen molar-refractivity contribution in [3.63, 3.8) is 0 Å². The molecule has 0 saturated carbocycles. The van der Waals surface area contributed by atoms with E-state index in [2.05, 4.69) is 0 Å². The van der Waals surface area contributed by atoms with Gasteiger partial charge in [0.25, 0.3) is 0 Å². The first-order valence-electron chi connectivity index (χ1n) is 6.74. The summed E-state index contributed by atoms with van der Waals surface area (Å²) >= 11 is 0. The van der Waals surface area contributed by atoms with Crippen molar-refractivity contribution < 1.29 is 19.4 Å². The van der Waals surface area contributed by atoms with Gasteiger partial charge in [-0.15, -0.1) is 0 Å². The Balaban J connectivity index is 2.77. The maximum absolute atomic E-state index is 12.4. The number of rotatable bonds is 4. The molecule has 0 spiro atoms. The second-order valence-electron chi connectivity index (χ2n) is 5.09. The molecule has 1 N–H and O–H groups in total. The Labute approximate surface area is 114 Å². The Kier molecular flexibility index (Phi) is 6.08. The van der Waals surface area contributed by atoms with Crippen molar-refractivity contribution in [2.45, 2.75) is 44.7 Å². The molecule has 2 amide bonds. The fourth-order valence-corrected chi connectivity index (χ4v) is 2.34. The van der Waals surface area contributed by atoms with Crippen molar-refractivity contribution in [2.24, 2.45) is 0 Å². The van der Waals surface area contributed by atoms with Crippen molar-refractivity contribution in [1.82, 2.24) is 9.80 Å². The van der Waals surface area contributed by atoms with Gasteiger partial charge in [0.05, 0.1) is 12.6 Å². The van der Waals surface area contributed by atoms with Gasteiger partial charge in [0, 0.05) is 20.7 Å². The summed E-state index contributed by atoms with van der Waals surface area (Å²) < 4.78 is 5.03. The van der Waals surface area contributed by atoms with Gasteiger partial charge in [-0.1, -0.05) is 12.8 Å². The number of carboxylic acid groups (broad SMARTS) is 1. The first-order valence-corrected chi connectivity index (χ1v) is 6.74. The van der Waals surface area contributed by atoms with Crippen LogP contribution in [0.5, 0.6) is 0 Å². The molecule has 19 heavy (non-hydrogen) atoms. The lowest BCUT2D eigenvalue weighted by Gasteiger charge is -2.34. The van der Waals surface area contributed by atoms with Crippen LogP contribution in [-0.2, 0) is 9.53 Å². The van der Waals surface area contributed by atoms with Crippen LogP contribution in [-0.4, -0.2) is 66.3 Å². The van der Waals surface area contributed by atoms with Gasteiger partial charge >= 0.3 is 12.0 Å². The number of ether oxygens (including phenoxy) is 1. The molecule has 6 nitrogen and oxygen atoms in total. The molecule has 110 valence electrons. The molecule has 2 unspecified atom stereocenters. The third-order valence-corrected chi connectivity index (χ3v) is 3.65. The fraction of sp³-hybridized carbons (Fsp3) is 0.846. The summed E-state index contributed by atoms with van der Waals surface area (Å²) in [6.45, 7) is 2.84. The van der Waals surface area contributed by atoms with Crippen LogP contribution in [0.25, 0.3) is 0 Å². The summed E-state index contributed by atoms with van der Waals surface area (Å²) in [6.07, 6.45) is 3.23. The highest BCUT2D eigenvalue weighted by molar-refractivity contribution is 5.82. The summed E-state index contributed by atoms with van der Waals surface area (Å²) in [5.41, 5.74) is 0. The van der Waals surface area contributed by atoms with E-state index in [9.17, 15) is 14.7 Å². The molecule has 1 fully saturated rings. The molecule has 0 aromatic rings. The number of nitrogens with zero attached hydrogens (tertiary/aromatic N) is 2. The summed E-state index contributed by atoms with van der Waals surface area (Å²) in [5, 5.41) is 9.27. The number of hydrogen-bond acceptors (Lipinski definition) is 3. The first-order chi connectivity index (χ1) is 8.99. The number of aliphatic carboxylic acids is 1. The second kappa shape index (κ2) is 7.33. The third kappa shape index (κ3) is 4.09.